The summed E-state index contributed by atoms with van der Waals surface area (Å²) < 4.78 is 32.9. The van der Waals surface area contributed by atoms with E-state index in [-0.39, 0.29) is 21.4 Å². The van der Waals surface area contributed by atoms with Crippen LogP contribution >= 0.6 is 11.6 Å². The fourth-order valence-corrected chi connectivity index (χ4v) is 5.17. The van der Waals surface area contributed by atoms with Crippen LogP contribution in [0.3, 0.4) is 0 Å². The van der Waals surface area contributed by atoms with Crippen LogP contribution in [0.5, 0.6) is 5.75 Å². The highest BCUT2D eigenvalue weighted by Gasteiger charge is 2.28. The highest BCUT2D eigenvalue weighted by atomic mass is 35.5. The van der Waals surface area contributed by atoms with Gasteiger partial charge in [0.1, 0.15) is 17.3 Å². The van der Waals surface area contributed by atoms with Gasteiger partial charge in [-0.2, -0.15) is 4.31 Å². The van der Waals surface area contributed by atoms with Crippen LogP contribution in [0.25, 0.3) is 0 Å². The second-order valence-corrected chi connectivity index (χ2v) is 9.34. The number of nitrogens with one attached hydrogen (secondary N) is 1. The van der Waals surface area contributed by atoms with Crippen LogP contribution in [0.15, 0.2) is 47.4 Å². The van der Waals surface area contributed by atoms with Crippen molar-refractivity contribution >= 4 is 27.5 Å². The molecule has 156 valence electrons. The van der Waals surface area contributed by atoms with Gasteiger partial charge in [-0.25, -0.2) is 8.42 Å². The van der Waals surface area contributed by atoms with Crippen molar-refractivity contribution in [3.8, 4) is 5.75 Å². The summed E-state index contributed by atoms with van der Waals surface area (Å²) in [5, 5.41) is 2.86. The molecule has 1 aliphatic rings. The maximum atomic E-state index is 12.9. The Kier molecular flexibility index (Phi) is 7.16. The molecule has 0 bridgehead atoms. The summed E-state index contributed by atoms with van der Waals surface area (Å²) >= 11 is 6.15. The summed E-state index contributed by atoms with van der Waals surface area (Å²) in [5.41, 5.74) is 1.39. The monoisotopic (exact) mass is 436 g/mol. The summed E-state index contributed by atoms with van der Waals surface area (Å²) in [4.78, 5) is 12.4. The molecule has 0 radical (unpaired) electrons. The third-order valence-corrected chi connectivity index (χ3v) is 7.18. The fraction of sp³-hybridized carbons (Fsp3) is 0.381. The first-order valence-corrected chi connectivity index (χ1v) is 11.5. The zero-order chi connectivity index (χ0) is 20.9. The molecule has 0 unspecified atom stereocenters. The predicted octanol–water partition coefficient (Wildman–Crippen LogP) is 3.63. The molecular weight excluding hydrogens is 412 g/mol. The van der Waals surface area contributed by atoms with E-state index in [2.05, 4.69) is 5.32 Å². The minimum atomic E-state index is -3.72. The van der Waals surface area contributed by atoms with Gasteiger partial charge in [-0.15, -0.1) is 0 Å². The van der Waals surface area contributed by atoms with Crippen LogP contribution in [-0.2, 0) is 10.0 Å². The van der Waals surface area contributed by atoms with E-state index in [9.17, 15) is 13.2 Å². The minimum Gasteiger partial charge on any atom is -0.492 e. The number of amides is 1. The number of ether oxygens (including phenoxy) is 1. The Hall–Kier alpha value is -2.09. The quantitative estimate of drug-likeness (QED) is 0.672. The molecule has 0 spiro atoms. The van der Waals surface area contributed by atoms with E-state index in [4.69, 9.17) is 16.3 Å². The third-order valence-electron chi connectivity index (χ3n) is 4.80. The third kappa shape index (κ3) is 5.50. The van der Waals surface area contributed by atoms with Gasteiger partial charge in [-0.3, -0.25) is 4.79 Å². The first-order chi connectivity index (χ1) is 13.9. The van der Waals surface area contributed by atoms with Gasteiger partial charge >= 0.3 is 0 Å². The van der Waals surface area contributed by atoms with Gasteiger partial charge in [0.25, 0.3) is 5.91 Å². The van der Waals surface area contributed by atoms with Crippen LogP contribution in [0.2, 0.25) is 5.02 Å². The minimum absolute atomic E-state index is 0.0235. The number of piperidine rings is 1. The van der Waals surface area contributed by atoms with Crippen LogP contribution in [0, 0.1) is 6.92 Å². The molecule has 1 heterocycles. The first kappa shape index (κ1) is 21.6. The van der Waals surface area contributed by atoms with E-state index in [0.717, 1.165) is 30.6 Å². The van der Waals surface area contributed by atoms with Gasteiger partial charge < -0.3 is 10.1 Å². The molecule has 0 atom stereocenters. The second kappa shape index (κ2) is 9.61. The summed E-state index contributed by atoms with van der Waals surface area (Å²) in [6, 6.07) is 12.0. The van der Waals surface area contributed by atoms with Crippen LogP contribution < -0.4 is 10.1 Å². The standard InChI is InChI=1S/C21H25ClN2O4S/c1-16-5-8-18(9-6-16)28-14-11-23-21(25)17-7-10-19(22)20(15-17)29(26,27)24-12-3-2-4-13-24/h5-10,15H,2-4,11-14H2,1H3,(H,23,25). The van der Waals surface area contributed by atoms with E-state index < -0.39 is 10.0 Å². The van der Waals surface area contributed by atoms with Gasteiger partial charge in [-0.05, 0) is 50.1 Å². The maximum Gasteiger partial charge on any atom is 0.251 e. The van der Waals surface area contributed by atoms with Gasteiger partial charge in [-0.1, -0.05) is 35.7 Å². The Balaban J connectivity index is 1.62. The van der Waals surface area contributed by atoms with Crippen molar-refractivity contribution in [2.75, 3.05) is 26.2 Å². The van der Waals surface area contributed by atoms with Crippen molar-refractivity contribution in [2.24, 2.45) is 0 Å². The molecule has 8 heteroatoms. The van der Waals surface area contributed by atoms with Crippen molar-refractivity contribution < 1.29 is 17.9 Å². The fourth-order valence-electron chi connectivity index (χ4n) is 3.16. The lowest BCUT2D eigenvalue weighted by atomic mass is 10.2. The topological polar surface area (TPSA) is 75.7 Å². The first-order valence-electron chi connectivity index (χ1n) is 9.65. The average molecular weight is 437 g/mol. The lowest BCUT2D eigenvalue weighted by molar-refractivity contribution is 0.0947. The maximum absolute atomic E-state index is 12.9. The number of rotatable bonds is 7. The van der Waals surface area contributed by atoms with Crippen LogP contribution in [0.4, 0.5) is 0 Å². The van der Waals surface area contributed by atoms with E-state index in [1.807, 2.05) is 31.2 Å². The molecule has 0 saturated carbocycles. The molecule has 1 amide bonds. The molecule has 1 fully saturated rings. The normalized spacial score (nSPS) is 15.1. The molecule has 0 aliphatic carbocycles. The molecule has 1 aliphatic heterocycles. The Morgan fingerprint density at radius 2 is 1.79 bits per heavy atom. The van der Waals surface area contributed by atoms with E-state index >= 15 is 0 Å². The van der Waals surface area contributed by atoms with Gasteiger partial charge in [0.05, 0.1) is 11.6 Å². The zero-order valence-electron chi connectivity index (χ0n) is 16.4. The lowest BCUT2D eigenvalue weighted by Crippen LogP contribution is -2.36. The smallest absolute Gasteiger partial charge is 0.251 e. The Morgan fingerprint density at radius 3 is 2.48 bits per heavy atom. The van der Waals surface area contributed by atoms with Crippen molar-refractivity contribution in [1.82, 2.24) is 9.62 Å². The molecule has 2 aromatic rings. The molecule has 3 rings (SSSR count). The second-order valence-electron chi connectivity index (χ2n) is 7.03. The molecule has 29 heavy (non-hydrogen) atoms. The summed E-state index contributed by atoms with van der Waals surface area (Å²) in [6.07, 6.45) is 2.68. The molecule has 2 aromatic carbocycles. The highest BCUT2D eigenvalue weighted by Crippen LogP contribution is 2.27. The number of hydrogen-bond acceptors (Lipinski definition) is 4. The Morgan fingerprint density at radius 1 is 1.10 bits per heavy atom. The number of sulfonamides is 1. The lowest BCUT2D eigenvalue weighted by Gasteiger charge is -2.26. The molecule has 6 nitrogen and oxygen atoms in total. The van der Waals surface area contributed by atoms with Gasteiger partial charge in [0.15, 0.2) is 0 Å². The summed E-state index contributed by atoms with van der Waals surface area (Å²) in [6.45, 7) is 3.55. The number of hydrogen-bond donors (Lipinski definition) is 1. The number of aryl methyl sites for hydroxylation is 1. The van der Waals surface area contributed by atoms with Crippen LogP contribution in [0.1, 0.15) is 35.2 Å². The van der Waals surface area contributed by atoms with Crippen molar-refractivity contribution in [3.05, 3.63) is 58.6 Å². The van der Waals surface area contributed by atoms with Crippen LogP contribution in [-0.4, -0.2) is 44.9 Å². The Bertz CT molecular complexity index is 955. The summed E-state index contributed by atoms with van der Waals surface area (Å²) in [5.74, 6) is 0.357. The number of carbonyl (C=O) groups excluding carboxylic acids is 1. The SMILES string of the molecule is Cc1ccc(OCCNC(=O)c2ccc(Cl)c(S(=O)(=O)N3CCCCC3)c2)cc1. The number of nitrogens with zero attached hydrogens (tertiary/aromatic N) is 1. The predicted molar refractivity (Wildman–Crippen MR) is 113 cm³/mol. The molecule has 0 aromatic heterocycles. The van der Waals surface area contributed by atoms with Gasteiger partial charge in [0, 0.05) is 18.7 Å². The van der Waals surface area contributed by atoms with Crippen molar-refractivity contribution in [1.29, 1.82) is 0 Å². The number of halogens is 1. The number of benzene rings is 2. The molecule has 1 saturated heterocycles. The average Bonchev–Trinajstić information content (AvgIpc) is 2.73. The van der Waals surface area contributed by atoms with Crippen molar-refractivity contribution in [3.63, 3.8) is 0 Å². The zero-order valence-corrected chi connectivity index (χ0v) is 17.9. The number of carbonyl (C=O) groups is 1. The van der Waals surface area contributed by atoms with Gasteiger partial charge in [0.2, 0.25) is 10.0 Å². The molecular formula is C21H25ClN2O4S. The summed E-state index contributed by atoms with van der Waals surface area (Å²) in [7, 11) is -3.72. The molecule has 1 N–H and O–H groups in total. The highest BCUT2D eigenvalue weighted by molar-refractivity contribution is 7.89. The largest absolute Gasteiger partial charge is 0.492 e. The van der Waals surface area contributed by atoms with E-state index in [0.29, 0.717) is 26.2 Å². The van der Waals surface area contributed by atoms with Crippen molar-refractivity contribution in [2.45, 2.75) is 31.1 Å². The Labute approximate surface area is 176 Å². The van der Waals surface area contributed by atoms with E-state index in [1.54, 1.807) is 0 Å². The van der Waals surface area contributed by atoms with E-state index in [1.165, 1.54) is 22.5 Å².